The van der Waals surface area contributed by atoms with Crippen LogP contribution in [0.15, 0.2) is 24.3 Å². The zero-order chi connectivity index (χ0) is 17.4. The molecule has 0 aromatic heterocycles. The molecule has 5 nitrogen and oxygen atoms in total. The van der Waals surface area contributed by atoms with Gasteiger partial charge in [-0.25, -0.2) is 0 Å². The molecule has 3 rings (SSSR count). The van der Waals surface area contributed by atoms with Crippen LogP contribution in [0.5, 0.6) is 0 Å². The third kappa shape index (κ3) is 3.03. The highest BCUT2D eigenvalue weighted by atomic mass is 19.4. The zero-order valence-electron chi connectivity index (χ0n) is 12.9. The highest BCUT2D eigenvalue weighted by Crippen LogP contribution is 2.33. The average molecular weight is 342 g/mol. The van der Waals surface area contributed by atoms with Crippen LogP contribution in [0.4, 0.5) is 13.2 Å². The van der Waals surface area contributed by atoms with Crippen LogP contribution in [0, 0.1) is 0 Å². The Morgan fingerprint density at radius 1 is 1.08 bits per heavy atom. The van der Waals surface area contributed by atoms with E-state index in [1.165, 1.54) is 12.1 Å². The number of halogens is 3. The third-order valence-corrected chi connectivity index (χ3v) is 4.46. The van der Waals surface area contributed by atoms with E-state index in [4.69, 9.17) is 4.74 Å². The highest BCUT2D eigenvalue weighted by molar-refractivity contribution is 6.01. The van der Waals surface area contributed by atoms with E-state index in [1.54, 1.807) is 4.90 Å². The Bertz CT molecular complexity index is 637. The summed E-state index contributed by atoms with van der Waals surface area (Å²) in [7, 11) is 0. The molecule has 1 aromatic carbocycles. The highest BCUT2D eigenvalue weighted by Gasteiger charge is 2.46. The lowest BCUT2D eigenvalue weighted by molar-refractivity contribution is -0.0885. The van der Waals surface area contributed by atoms with Crippen molar-refractivity contribution in [1.29, 1.82) is 0 Å². The van der Waals surface area contributed by atoms with Crippen LogP contribution in [-0.4, -0.2) is 54.7 Å². The molecule has 0 radical (unpaired) electrons. The van der Waals surface area contributed by atoms with Crippen molar-refractivity contribution < 1.29 is 27.5 Å². The number of piperidine rings is 1. The monoisotopic (exact) mass is 342 g/mol. The first-order chi connectivity index (χ1) is 11.3. The summed E-state index contributed by atoms with van der Waals surface area (Å²) in [5.41, 5.74) is -0.867. The topological polar surface area (TPSA) is 58.6 Å². The van der Waals surface area contributed by atoms with Crippen LogP contribution in [0.1, 0.15) is 33.6 Å². The number of nitrogens with zero attached hydrogens (tertiary/aromatic N) is 1. The van der Waals surface area contributed by atoms with Gasteiger partial charge in [0.1, 0.15) is 5.72 Å². The number of amides is 1. The average Bonchev–Trinajstić information content (AvgIpc) is 2.96. The van der Waals surface area contributed by atoms with Gasteiger partial charge in [0.05, 0.1) is 6.61 Å². The summed E-state index contributed by atoms with van der Waals surface area (Å²) in [4.78, 5) is 25.6. The van der Waals surface area contributed by atoms with E-state index in [0.717, 1.165) is 25.2 Å². The number of rotatable bonds is 2. The second-order valence-corrected chi connectivity index (χ2v) is 5.91. The van der Waals surface area contributed by atoms with Crippen molar-refractivity contribution in [2.45, 2.75) is 24.7 Å². The minimum atomic E-state index is -4.92. The smallest absolute Gasteiger partial charge is 0.354 e. The summed E-state index contributed by atoms with van der Waals surface area (Å²) in [6, 6.07) is 4.59. The quantitative estimate of drug-likeness (QED) is 0.835. The first-order valence-corrected chi connectivity index (χ1v) is 7.72. The molecular weight excluding hydrogens is 325 g/mol. The molecule has 2 heterocycles. The molecule has 1 amide bonds. The van der Waals surface area contributed by atoms with Gasteiger partial charge in [-0.1, -0.05) is 12.1 Å². The third-order valence-electron chi connectivity index (χ3n) is 4.46. The minimum Gasteiger partial charge on any atom is -0.354 e. The van der Waals surface area contributed by atoms with Gasteiger partial charge >= 0.3 is 6.18 Å². The van der Waals surface area contributed by atoms with Crippen molar-refractivity contribution >= 4 is 11.7 Å². The van der Waals surface area contributed by atoms with E-state index in [1.807, 2.05) is 0 Å². The van der Waals surface area contributed by atoms with Crippen molar-refractivity contribution in [2.75, 3.05) is 26.2 Å². The maximum absolute atomic E-state index is 12.7. The molecule has 2 aliphatic heterocycles. The second kappa shape index (κ2) is 6.18. The molecule has 0 saturated carbocycles. The Balaban J connectivity index is 1.79. The summed E-state index contributed by atoms with van der Waals surface area (Å²) in [6.45, 7) is 2.37. The molecule has 0 bridgehead atoms. The molecule has 2 fully saturated rings. The molecule has 2 saturated heterocycles. The Kier molecular flexibility index (Phi) is 4.35. The van der Waals surface area contributed by atoms with E-state index < -0.39 is 23.2 Å². The number of ketones is 1. The van der Waals surface area contributed by atoms with Crippen LogP contribution >= 0.6 is 0 Å². The van der Waals surface area contributed by atoms with Crippen molar-refractivity contribution in [1.82, 2.24) is 10.2 Å². The molecule has 1 spiro atoms. The van der Waals surface area contributed by atoms with Gasteiger partial charge in [0.25, 0.3) is 11.7 Å². The first kappa shape index (κ1) is 16.9. The Labute approximate surface area is 136 Å². The fourth-order valence-corrected chi connectivity index (χ4v) is 3.21. The van der Waals surface area contributed by atoms with E-state index in [0.29, 0.717) is 26.0 Å². The molecule has 0 aliphatic carbocycles. The van der Waals surface area contributed by atoms with Gasteiger partial charge in [-0.3, -0.25) is 9.59 Å². The number of hydrogen-bond donors (Lipinski definition) is 1. The number of Topliss-reactive ketones (excluding diaryl/α,β-unsaturated/α-hetero) is 1. The Morgan fingerprint density at radius 2 is 1.67 bits per heavy atom. The number of ether oxygens (including phenoxy) is 1. The number of nitrogens with one attached hydrogen (secondary N) is 1. The van der Waals surface area contributed by atoms with Gasteiger partial charge in [0.15, 0.2) is 0 Å². The molecule has 0 unspecified atom stereocenters. The van der Waals surface area contributed by atoms with Crippen molar-refractivity contribution in [3.8, 4) is 0 Å². The lowest BCUT2D eigenvalue weighted by Gasteiger charge is -2.40. The molecule has 130 valence electrons. The number of carbonyl (C=O) groups is 2. The molecule has 2 aliphatic rings. The van der Waals surface area contributed by atoms with Gasteiger partial charge in [-0.2, -0.15) is 13.2 Å². The molecule has 24 heavy (non-hydrogen) atoms. The van der Waals surface area contributed by atoms with Crippen LogP contribution in [0.3, 0.4) is 0 Å². The molecule has 0 atom stereocenters. The fraction of sp³-hybridized carbons (Fsp3) is 0.500. The number of hydrogen-bond acceptors (Lipinski definition) is 4. The molecule has 1 N–H and O–H groups in total. The molecular formula is C16H17F3N2O3. The fourth-order valence-electron chi connectivity index (χ4n) is 3.21. The van der Waals surface area contributed by atoms with Crippen LogP contribution < -0.4 is 5.32 Å². The minimum absolute atomic E-state index is 0.247. The van der Waals surface area contributed by atoms with E-state index in [9.17, 15) is 22.8 Å². The summed E-state index contributed by atoms with van der Waals surface area (Å²) < 4.78 is 43.1. The van der Waals surface area contributed by atoms with Crippen LogP contribution in [0.2, 0.25) is 0 Å². The second-order valence-electron chi connectivity index (χ2n) is 5.91. The lowest BCUT2D eigenvalue weighted by atomic mass is 9.99. The Hall–Kier alpha value is -1.93. The van der Waals surface area contributed by atoms with Crippen molar-refractivity contribution in [3.63, 3.8) is 0 Å². The SMILES string of the molecule is O=C(c1ccc(C(=O)C(F)(F)F)cc1)N1CCOC12CCNCC2. The summed E-state index contributed by atoms with van der Waals surface area (Å²) in [6.07, 6.45) is -3.58. The van der Waals surface area contributed by atoms with E-state index in [2.05, 4.69) is 5.32 Å². The predicted molar refractivity (Wildman–Crippen MR) is 78.7 cm³/mol. The van der Waals surface area contributed by atoms with Crippen LogP contribution in [0.25, 0.3) is 0 Å². The maximum Gasteiger partial charge on any atom is 0.454 e. The Morgan fingerprint density at radius 3 is 2.25 bits per heavy atom. The number of benzene rings is 1. The first-order valence-electron chi connectivity index (χ1n) is 7.72. The van der Waals surface area contributed by atoms with Gasteiger partial charge in [-0.05, 0) is 25.2 Å². The van der Waals surface area contributed by atoms with Gasteiger partial charge in [-0.15, -0.1) is 0 Å². The standard InChI is InChI=1S/C16H17F3N2O3/c17-16(18,19)13(22)11-1-3-12(4-2-11)14(23)21-9-10-24-15(21)5-7-20-8-6-15/h1-4,20H,5-10H2. The van der Waals surface area contributed by atoms with Crippen LogP contribution in [-0.2, 0) is 4.74 Å². The van der Waals surface area contributed by atoms with Gasteiger partial charge < -0.3 is 15.0 Å². The predicted octanol–water partition coefficient (Wildman–Crippen LogP) is 1.98. The summed E-state index contributed by atoms with van der Waals surface area (Å²) in [5, 5.41) is 3.21. The number of carbonyl (C=O) groups excluding carboxylic acids is 2. The maximum atomic E-state index is 12.7. The van der Waals surface area contributed by atoms with E-state index >= 15 is 0 Å². The van der Waals surface area contributed by atoms with Gasteiger partial charge in [0, 0.05) is 30.5 Å². The number of alkyl halides is 3. The zero-order valence-corrected chi connectivity index (χ0v) is 12.9. The van der Waals surface area contributed by atoms with E-state index in [-0.39, 0.29) is 11.5 Å². The summed E-state index contributed by atoms with van der Waals surface area (Å²) >= 11 is 0. The summed E-state index contributed by atoms with van der Waals surface area (Å²) in [5.74, 6) is -2.21. The largest absolute Gasteiger partial charge is 0.454 e. The molecule has 8 heteroatoms. The van der Waals surface area contributed by atoms with Crippen molar-refractivity contribution in [2.24, 2.45) is 0 Å². The lowest BCUT2D eigenvalue weighted by Crippen LogP contribution is -2.54. The van der Waals surface area contributed by atoms with Crippen molar-refractivity contribution in [3.05, 3.63) is 35.4 Å². The normalized spacial score (nSPS) is 20.4. The molecule has 1 aromatic rings. The van der Waals surface area contributed by atoms with Gasteiger partial charge in [0.2, 0.25) is 0 Å².